The molecule has 0 unspecified atom stereocenters. The van der Waals surface area contributed by atoms with Crippen molar-refractivity contribution in [2.24, 2.45) is 0 Å². The quantitative estimate of drug-likeness (QED) is 0.766. The van der Waals surface area contributed by atoms with Crippen LogP contribution >= 0.6 is 0 Å². The van der Waals surface area contributed by atoms with E-state index in [0.29, 0.717) is 16.8 Å². The van der Waals surface area contributed by atoms with Gasteiger partial charge in [0.05, 0.1) is 0 Å². The number of phenols is 1. The van der Waals surface area contributed by atoms with Gasteiger partial charge in [-0.2, -0.15) is 0 Å². The van der Waals surface area contributed by atoms with E-state index in [1.165, 1.54) is 10.2 Å². The van der Waals surface area contributed by atoms with Crippen LogP contribution in [0.1, 0.15) is 0 Å². The van der Waals surface area contributed by atoms with Crippen LogP contribution in [-0.4, -0.2) is 25.6 Å². The van der Waals surface area contributed by atoms with Gasteiger partial charge in [0.2, 0.25) is 0 Å². The molecule has 0 aliphatic rings. The fourth-order valence-electron chi connectivity index (χ4n) is 1.08. The maximum atomic E-state index is 9.60. The molecule has 1 aromatic heterocycles. The fraction of sp³-hybridized carbons (Fsp3) is 0.143. The molecular formula is C7H6AgN3O2. The molecule has 13 heavy (non-hydrogen) atoms. The minimum absolute atomic E-state index is 0.00488. The van der Waals surface area contributed by atoms with Gasteiger partial charge in [-0.15, -0.1) is 0 Å². The molecule has 0 amide bonds. The number of hydrogen-bond acceptors (Lipinski definition) is 4. The number of fused-ring (bicyclic) bond motifs is 1. The van der Waals surface area contributed by atoms with Gasteiger partial charge in [0.25, 0.3) is 0 Å². The molecule has 6 heteroatoms. The van der Waals surface area contributed by atoms with Crippen LogP contribution in [0.5, 0.6) is 11.5 Å². The zero-order valence-corrected chi connectivity index (χ0v) is 8.14. The fourth-order valence-corrected chi connectivity index (χ4v) is 1.41. The summed E-state index contributed by atoms with van der Waals surface area (Å²) in [5, 5.41) is 17.1. The Morgan fingerprint density at radius 2 is 2.31 bits per heavy atom. The summed E-state index contributed by atoms with van der Waals surface area (Å²) in [5.74, 6) is 0.394. The Morgan fingerprint density at radius 3 is 3.00 bits per heavy atom. The first-order valence-corrected chi connectivity index (χ1v) is 4.14. The first-order chi connectivity index (χ1) is 6.24. The number of benzene rings is 1. The van der Waals surface area contributed by atoms with E-state index in [0.717, 1.165) is 0 Å². The summed E-state index contributed by atoms with van der Waals surface area (Å²) < 4.78 is 6.32. The van der Waals surface area contributed by atoms with Crippen molar-refractivity contribution < 1.29 is 31.2 Å². The summed E-state index contributed by atoms with van der Waals surface area (Å²) in [6.07, 6.45) is 0. The molecule has 0 fully saturated rings. The number of nitrogens with zero attached hydrogens (tertiary/aromatic N) is 3. The Bertz CT molecular complexity index is 454. The van der Waals surface area contributed by atoms with Crippen molar-refractivity contribution in [2.75, 3.05) is 7.11 Å². The first-order valence-electron chi connectivity index (χ1n) is 3.48. The van der Waals surface area contributed by atoms with E-state index in [1.807, 2.05) is 0 Å². The minimum atomic E-state index is 0.00488. The van der Waals surface area contributed by atoms with Crippen molar-refractivity contribution in [3.63, 3.8) is 0 Å². The van der Waals surface area contributed by atoms with E-state index < -0.39 is 0 Å². The summed E-state index contributed by atoms with van der Waals surface area (Å²) in [7, 11) is 1.49. The number of aromatic hydroxyl groups is 1. The molecule has 2 rings (SSSR count). The third-order valence-electron chi connectivity index (χ3n) is 1.71. The molecule has 0 aliphatic carbocycles. The number of ether oxygens (including phenoxy) is 1. The number of rotatable bonds is 1. The molecule has 0 radical (unpaired) electrons. The summed E-state index contributed by atoms with van der Waals surface area (Å²) in [4.78, 5) is 0. The van der Waals surface area contributed by atoms with E-state index in [2.05, 4.69) is 31.6 Å². The van der Waals surface area contributed by atoms with E-state index in [-0.39, 0.29) is 5.75 Å². The summed E-state index contributed by atoms with van der Waals surface area (Å²) in [6.45, 7) is 0. The Kier molecular flexibility index (Phi) is 1.99. The third kappa shape index (κ3) is 1.21. The average Bonchev–Trinajstić information content (AvgIpc) is 2.50. The molecule has 0 saturated carbocycles. The van der Waals surface area contributed by atoms with Crippen molar-refractivity contribution in [2.45, 2.75) is 0 Å². The maximum absolute atomic E-state index is 9.60. The number of hydrogen-bond donors (Lipinski definition) is 1. The second-order valence-electron chi connectivity index (χ2n) is 2.40. The van der Waals surface area contributed by atoms with Crippen LogP contribution in [0.4, 0.5) is 0 Å². The van der Waals surface area contributed by atoms with Gasteiger partial charge in [0.1, 0.15) is 0 Å². The van der Waals surface area contributed by atoms with Gasteiger partial charge in [0.15, 0.2) is 0 Å². The van der Waals surface area contributed by atoms with Gasteiger partial charge in [0, 0.05) is 0 Å². The SMILES string of the molecule is COc1ccc2c(nn[n]2[Ag])c1O. The van der Waals surface area contributed by atoms with Crippen LogP contribution in [0.15, 0.2) is 12.1 Å². The summed E-state index contributed by atoms with van der Waals surface area (Å²) in [5.41, 5.74) is 1.10. The predicted octanol–water partition coefficient (Wildman–Crippen LogP) is 0.455. The zero-order chi connectivity index (χ0) is 9.42. The molecule has 0 bridgehead atoms. The Hall–Kier alpha value is -1.04. The van der Waals surface area contributed by atoms with Crippen LogP contribution in [0, 0.1) is 0 Å². The standard InChI is InChI=1S/C7H6N3O2.Ag/c1-12-5-3-2-4-6(7(5)11)9-10-8-4;/h2-3H,1H3,(H-,8,9,10,11);/q-1;+1. The second-order valence-corrected chi connectivity index (χ2v) is 3.03. The van der Waals surface area contributed by atoms with Crippen LogP contribution in [0.2, 0.25) is 0 Å². The van der Waals surface area contributed by atoms with E-state index in [4.69, 9.17) is 4.74 Å². The molecule has 1 aromatic carbocycles. The third-order valence-corrected chi connectivity index (χ3v) is 2.20. The second kappa shape index (κ2) is 3.02. The molecule has 72 valence electrons. The summed E-state index contributed by atoms with van der Waals surface area (Å²) in [6, 6.07) is 3.40. The molecule has 0 atom stereocenters. The van der Waals surface area contributed by atoms with Gasteiger partial charge in [-0.05, 0) is 0 Å². The van der Waals surface area contributed by atoms with Crippen molar-refractivity contribution in [3.05, 3.63) is 12.1 Å². The molecule has 1 heterocycles. The Morgan fingerprint density at radius 1 is 1.54 bits per heavy atom. The molecule has 0 spiro atoms. The molecule has 5 nitrogen and oxygen atoms in total. The van der Waals surface area contributed by atoms with Gasteiger partial charge in [-0.25, -0.2) is 0 Å². The Balaban J connectivity index is 2.80. The predicted molar refractivity (Wildman–Crippen MR) is 41.1 cm³/mol. The monoisotopic (exact) mass is 271 g/mol. The molecular weight excluding hydrogens is 266 g/mol. The van der Waals surface area contributed by atoms with Crippen molar-refractivity contribution in [3.8, 4) is 11.5 Å². The average molecular weight is 272 g/mol. The van der Waals surface area contributed by atoms with Crippen LogP contribution < -0.4 is 4.74 Å². The number of phenolic OH excluding ortho intramolecular Hbond substituents is 1. The van der Waals surface area contributed by atoms with Crippen LogP contribution in [0.3, 0.4) is 0 Å². The van der Waals surface area contributed by atoms with Crippen molar-refractivity contribution >= 4 is 11.0 Å². The molecule has 0 saturated heterocycles. The van der Waals surface area contributed by atoms with Crippen molar-refractivity contribution in [1.82, 2.24) is 13.4 Å². The van der Waals surface area contributed by atoms with E-state index in [9.17, 15) is 5.11 Å². The topological polar surface area (TPSA) is 60.2 Å². The molecule has 2 aromatic rings. The van der Waals surface area contributed by atoms with Gasteiger partial charge in [-0.1, -0.05) is 0 Å². The number of methoxy groups -OCH3 is 1. The van der Waals surface area contributed by atoms with Crippen LogP contribution in [0.25, 0.3) is 11.0 Å². The van der Waals surface area contributed by atoms with Gasteiger partial charge >= 0.3 is 86.3 Å². The normalized spacial score (nSPS) is 10.7. The van der Waals surface area contributed by atoms with E-state index >= 15 is 0 Å². The van der Waals surface area contributed by atoms with Gasteiger partial charge < -0.3 is 0 Å². The van der Waals surface area contributed by atoms with Crippen LogP contribution in [-0.2, 0) is 21.3 Å². The Labute approximate surface area is 86.5 Å². The molecule has 0 aliphatic heterocycles. The van der Waals surface area contributed by atoms with Crippen molar-refractivity contribution in [1.29, 1.82) is 0 Å². The molecule has 1 N–H and O–H groups in total. The number of aromatic nitrogens is 3. The first kappa shape index (κ1) is 8.55. The zero-order valence-electron chi connectivity index (χ0n) is 6.65. The summed E-state index contributed by atoms with van der Waals surface area (Å²) >= 11 is 3.16. The van der Waals surface area contributed by atoms with E-state index in [1.54, 1.807) is 12.1 Å². The van der Waals surface area contributed by atoms with Gasteiger partial charge in [-0.3, -0.25) is 0 Å².